The lowest BCUT2D eigenvalue weighted by atomic mass is 10.2. The smallest absolute Gasteiger partial charge is 0.216 e. The minimum atomic E-state index is -3.39. The molecule has 0 spiro atoms. The van der Waals surface area contributed by atoms with Crippen molar-refractivity contribution in [2.45, 2.75) is 19.2 Å². The Balaban J connectivity index is 1.68. The van der Waals surface area contributed by atoms with Gasteiger partial charge in [-0.25, -0.2) is 18.1 Å². The summed E-state index contributed by atoms with van der Waals surface area (Å²) >= 11 is 1.43. The summed E-state index contributed by atoms with van der Waals surface area (Å²) in [5.41, 5.74) is 1.57. The molecule has 7 heteroatoms. The Morgan fingerprint density at radius 1 is 1.17 bits per heavy atom. The number of furan rings is 1. The number of rotatable bonds is 6. The quantitative estimate of drug-likeness (QED) is 0.742. The van der Waals surface area contributed by atoms with Crippen molar-refractivity contribution in [3.8, 4) is 10.8 Å². The van der Waals surface area contributed by atoms with Crippen molar-refractivity contribution in [2.75, 3.05) is 0 Å². The highest BCUT2D eigenvalue weighted by molar-refractivity contribution is 7.88. The van der Waals surface area contributed by atoms with Gasteiger partial charge in [0.15, 0.2) is 10.8 Å². The van der Waals surface area contributed by atoms with E-state index in [1.54, 1.807) is 24.5 Å². The second kappa shape index (κ2) is 6.66. The van der Waals surface area contributed by atoms with Gasteiger partial charge in [-0.3, -0.25) is 0 Å². The predicted octanol–water partition coefficient (Wildman–Crippen LogP) is 3.33. The fourth-order valence-electron chi connectivity index (χ4n) is 2.12. The van der Waals surface area contributed by atoms with Crippen molar-refractivity contribution >= 4 is 21.4 Å². The number of hydrogen-bond acceptors (Lipinski definition) is 5. The van der Waals surface area contributed by atoms with Crippen LogP contribution in [-0.4, -0.2) is 13.4 Å². The number of sulfonamides is 1. The molecule has 0 bridgehead atoms. The summed E-state index contributed by atoms with van der Waals surface area (Å²) in [6, 6.07) is 12.7. The van der Waals surface area contributed by atoms with Crippen molar-refractivity contribution in [2.24, 2.45) is 0 Å². The molecule has 5 nitrogen and oxygen atoms in total. The Labute approximate surface area is 139 Å². The van der Waals surface area contributed by atoms with Gasteiger partial charge in [0.25, 0.3) is 0 Å². The fraction of sp³-hybridized carbons (Fsp3) is 0.188. The highest BCUT2D eigenvalue weighted by Gasteiger charge is 2.15. The number of nitrogens with one attached hydrogen (secondary N) is 1. The summed E-state index contributed by atoms with van der Waals surface area (Å²) in [6.45, 7) is 2.10. The molecule has 3 aromatic rings. The number of nitrogens with zero attached hydrogens (tertiary/aromatic N) is 1. The van der Waals surface area contributed by atoms with Gasteiger partial charge in [-0.1, -0.05) is 30.3 Å². The van der Waals surface area contributed by atoms with Crippen molar-refractivity contribution in [3.63, 3.8) is 0 Å². The second-order valence-corrected chi connectivity index (χ2v) is 7.96. The largest absolute Gasteiger partial charge is 0.462 e. The Kier molecular flexibility index (Phi) is 4.61. The molecule has 0 aliphatic heterocycles. The number of benzene rings is 1. The van der Waals surface area contributed by atoms with Crippen LogP contribution in [0.1, 0.15) is 16.1 Å². The number of aryl methyl sites for hydroxylation is 1. The van der Waals surface area contributed by atoms with Crippen LogP contribution in [0.15, 0.2) is 53.1 Å². The molecule has 1 aromatic carbocycles. The summed E-state index contributed by atoms with van der Waals surface area (Å²) in [7, 11) is -3.39. The third-order valence-corrected chi connectivity index (χ3v) is 5.75. The SMILES string of the molecule is Cc1nc(-c2ccco2)sc1CNS(=O)(=O)Cc1ccccc1. The van der Waals surface area contributed by atoms with E-state index in [0.717, 1.165) is 21.1 Å². The molecule has 120 valence electrons. The fourth-order valence-corrected chi connectivity index (χ4v) is 4.28. The second-order valence-electron chi connectivity index (χ2n) is 5.07. The first kappa shape index (κ1) is 15.9. The van der Waals surface area contributed by atoms with Crippen LogP contribution in [0.5, 0.6) is 0 Å². The van der Waals surface area contributed by atoms with Gasteiger partial charge < -0.3 is 4.42 Å². The molecule has 0 saturated carbocycles. The van der Waals surface area contributed by atoms with Gasteiger partial charge >= 0.3 is 0 Å². The topological polar surface area (TPSA) is 72.2 Å². The van der Waals surface area contributed by atoms with E-state index >= 15 is 0 Å². The normalized spacial score (nSPS) is 11.7. The van der Waals surface area contributed by atoms with E-state index < -0.39 is 10.0 Å². The van der Waals surface area contributed by atoms with E-state index in [9.17, 15) is 8.42 Å². The average Bonchev–Trinajstić information content (AvgIpc) is 3.15. The maximum atomic E-state index is 12.2. The van der Waals surface area contributed by atoms with Gasteiger partial charge in [0.05, 0.1) is 17.7 Å². The van der Waals surface area contributed by atoms with Gasteiger partial charge in [-0.2, -0.15) is 0 Å². The number of aromatic nitrogens is 1. The maximum absolute atomic E-state index is 12.2. The highest BCUT2D eigenvalue weighted by atomic mass is 32.2. The lowest BCUT2D eigenvalue weighted by Gasteiger charge is -2.06. The van der Waals surface area contributed by atoms with E-state index in [2.05, 4.69) is 9.71 Å². The van der Waals surface area contributed by atoms with Crippen molar-refractivity contribution in [3.05, 3.63) is 64.9 Å². The zero-order valence-corrected chi connectivity index (χ0v) is 14.2. The molecule has 0 amide bonds. The predicted molar refractivity (Wildman–Crippen MR) is 90.5 cm³/mol. The lowest BCUT2D eigenvalue weighted by Crippen LogP contribution is -2.24. The molecule has 0 radical (unpaired) electrons. The summed E-state index contributed by atoms with van der Waals surface area (Å²) < 4.78 is 32.3. The Hall–Kier alpha value is -1.96. The molecular weight excluding hydrogens is 332 g/mol. The summed E-state index contributed by atoms with van der Waals surface area (Å²) in [5.74, 6) is 0.660. The van der Waals surface area contributed by atoms with Crippen LogP contribution in [-0.2, 0) is 22.3 Å². The number of hydrogen-bond donors (Lipinski definition) is 1. The molecule has 0 aliphatic carbocycles. The molecule has 2 heterocycles. The van der Waals surface area contributed by atoms with Gasteiger partial charge in [0, 0.05) is 11.4 Å². The van der Waals surface area contributed by atoms with Gasteiger partial charge in [-0.15, -0.1) is 11.3 Å². The molecule has 0 saturated heterocycles. The summed E-state index contributed by atoms with van der Waals surface area (Å²) in [5, 5.41) is 0.754. The van der Waals surface area contributed by atoms with Crippen molar-refractivity contribution < 1.29 is 12.8 Å². The summed E-state index contributed by atoms with van der Waals surface area (Å²) in [6.07, 6.45) is 1.59. The van der Waals surface area contributed by atoms with Crippen LogP contribution in [0, 0.1) is 6.92 Å². The highest BCUT2D eigenvalue weighted by Crippen LogP contribution is 2.28. The molecule has 3 rings (SSSR count). The first-order valence-electron chi connectivity index (χ1n) is 7.05. The van der Waals surface area contributed by atoms with Crippen LogP contribution in [0.2, 0.25) is 0 Å². The van der Waals surface area contributed by atoms with Crippen molar-refractivity contribution in [1.29, 1.82) is 0 Å². The van der Waals surface area contributed by atoms with Crippen LogP contribution < -0.4 is 4.72 Å². The molecule has 0 aliphatic rings. The van der Waals surface area contributed by atoms with Gasteiger partial charge in [0.2, 0.25) is 10.0 Å². The van der Waals surface area contributed by atoms with Crippen LogP contribution >= 0.6 is 11.3 Å². The molecule has 2 aromatic heterocycles. The summed E-state index contributed by atoms with van der Waals surface area (Å²) in [4.78, 5) is 5.31. The minimum Gasteiger partial charge on any atom is -0.462 e. The van der Waals surface area contributed by atoms with E-state index in [0.29, 0.717) is 5.76 Å². The van der Waals surface area contributed by atoms with E-state index in [4.69, 9.17) is 4.42 Å². The Morgan fingerprint density at radius 3 is 2.65 bits per heavy atom. The third-order valence-electron chi connectivity index (χ3n) is 3.28. The van der Waals surface area contributed by atoms with Crippen LogP contribution in [0.4, 0.5) is 0 Å². The molecular formula is C16H16N2O3S2. The number of thiazole rings is 1. The zero-order chi connectivity index (χ0) is 16.3. The molecule has 0 atom stereocenters. The van der Waals surface area contributed by atoms with E-state index in [-0.39, 0.29) is 12.3 Å². The minimum absolute atomic E-state index is 0.0310. The van der Waals surface area contributed by atoms with Crippen molar-refractivity contribution in [1.82, 2.24) is 9.71 Å². The zero-order valence-electron chi connectivity index (χ0n) is 12.5. The monoisotopic (exact) mass is 348 g/mol. The van der Waals surface area contributed by atoms with E-state index in [1.807, 2.05) is 31.2 Å². The third kappa shape index (κ3) is 4.07. The van der Waals surface area contributed by atoms with E-state index in [1.165, 1.54) is 11.3 Å². The van der Waals surface area contributed by atoms with Gasteiger partial charge in [-0.05, 0) is 24.6 Å². The first-order valence-corrected chi connectivity index (χ1v) is 9.52. The first-order chi connectivity index (χ1) is 11.0. The Bertz CT molecular complexity index is 869. The average molecular weight is 348 g/mol. The lowest BCUT2D eigenvalue weighted by molar-refractivity contribution is 0.580. The van der Waals surface area contributed by atoms with Gasteiger partial charge in [0.1, 0.15) is 0 Å². The van der Waals surface area contributed by atoms with Crippen LogP contribution in [0.25, 0.3) is 10.8 Å². The standard InChI is InChI=1S/C16H16N2O3S2/c1-12-15(22-16(18-12)14-8-5-9-21-14)10-17-23(19,20)11-13-6-3-2-4-7-13/h2-9,17H,10-11H2,1H3. The maximum Gasteiger partial charge on any atom is 0.216 e. The Morgan fingerprint density at radius 2 is 1.96 bits per heavy atom. The molecule has 23 heavy (non-hydrogen) atoms. The molecule has 0 unspecified atom stereocenters. The molecule has 1 N–H and O–H groups in total. The van der Waals surface area contributed by atoms with Crippen LogP contribution in [0.3, 0.4) is 0 Å². The molecule has 0 fully saturated rings.